The number of rotatable bonds is 4. The van der Waals surface area contributed by atoms with Crippen molar-refractivity contribution in [3.8, 4) is 11.5 Å². The molecule has 0 saturated heterocycles. The van der Waals surface area contributed by atoms with E-state index in [2.05, 4.69) is 0 Å². The van der Waals surface area contributed by atoms with Gasteiger partial charge in [0, 0.05) is 23.7 Å². The topological polar surface area (TPSA) is 78.4 Å². The van der Waals surface area contributed by atoms with E-state index in [0.29, 0.717) is 11.5 Å². The molecule has 0 fully saturated rings. The van der Waals surface area contributed by atoms with Crippen molar-refractivity contribution in [3.63, 3.8) is 0 Å². The van der Waals surface area contributed by atoms with Crippen molar-refractivity contribution in [2.75, 3.05) is 0 Å². The lowest BCUT2D eigenvalue weighted by Crippen LogP contribution is -2.06. The number of para-hydroxylation sites is 1. The van der Waals surface area contributed by atoms with Crippen molar-refractivity contribution >= 4 is 17.3 Å². The molecule has 0 bridgehead atoms. The van der Waals surface area contributed by atoms with Crippen molar-refractivity contribution in [1.82, 2.24) is 0 Å². The number of ether oxygens (including phenoxy) is 1. The average Bonchev–Trinajstić information content (AvgIpc) is 2.38. The lowest BCUT2D eigenvalue weighted by atomic mass is 10.1. The summed E-state index contributed by atoms with van der Waals surface area (Å²) in [4.78, 5) is 10.2. The molecule has 0 saturated carbocycles. The van der Waals surface area contributed by atoms with Crippen LogP contribution >= 0.6 is 11.6 Å². The molecule has 0 heterocycles. The fourth-order valence-corrected chi connectivity index (χ4v) is 2.02. The van der Waals surface area contributed by atoms with Crippen LogP contribution in [0.15, 0.2) is 42.5 Å². The number of nitro benzene ring substituents is 1. The quantitative estimate of drug-likeness (QED) is 0.681. The summed E-state index contributed by atoms with van der Waals surface area (Å²) >= 11 is 5.85. The number of benzene rings is 2. The van der Waals surface area contributed by atoms with Crippen LogP contribution in [-0.4, -0.2) is 4.92 Å². The third-order valence-corrected chi connectivity index (χ3v) is 3.06. The Bertz CT molecular complexity index is 644. The fourth-order valence-electron chi connectivity index (χ4n) is 1.78. The van der Waals surface area contributed by atoms with E-state index in [1.165, 1.54) is 18.2 Å². The number of nitrogens with two attached hydrogens (primary N) is 1. The van der Waals surface area contributed by atoms with Crippen molar-refractivity contribution in [1.29, 1.82) is 0 Å². The Morgan fingerprint density at radius 2 is 2.00 bits per heavy atom. The van der Waals surface area contributed by atoms with Gasteiger partial charge in [0.2, 0.25) is 0 Å². The maximum Gasteiger partial charge on any atom is 0.288 e. The van der Waals surface area contributed by atoms with Crippen LogP contribution in [0.25, 0.3) is 0 Å². The molecule has 104 valence electrons. The summed E-state index contributed by atoms with van der Waals surface area (Å²) in [5.74, 6) is 1.03. The van der Waals surface area contributed by atoms with E-state index in [4.69, 9.17) is 22.1 Å². The number of nitro groups is 1. The molecular formula is C14H13ClN2O3. The second kappa shape index (κ2) is 5.90. The van der Waals surface area contributed by atoms with Crippen molar-refractivity contribution in [2.45, 2.75) is 13.0 Å². The molecule has 0 aliphatic rings. The van der Waals surface area contributed by atoms with Crippen LogP contribution < -0.4 is 10.5 Å². The standard InChI is InChI=1S/C14H13ClN2O3/c1-9(16)11-4-2-3-5-14(11)20-10-6-7-13(17(18)19)12(15)8-10/h2-9H,16H2,1H3. The molecule has 0 spiro atoms. The van der Waals surface area contributed by atoms with Gasteiger partial charge in [-0.2, -0.15) is 0 Å². The highest BCUT2D eigenvalue weighted by Crippen LogP contribution is 2.33. The van der Waals surface area contributed by atoms with Crippen molar-refractivity contribution in [3.05, 3.63) is 63.2 Å². The molecule has 2 aromatic rings. The third kappa shape index (κ3) is 3.07. The lowest BCUT2D eigenvalue weighted by Gasteiger charge is -2.13. The van der Waals surface area contributed by atoms with Crippen LogP contribution in [0, 0.1) is 10.1 Å². The molecule has 0 aliphatic heterocycles. The number of hydrogen-bond acceptors (Lipinski definition) is 4. The second-order valence-corrected chi connectivity index (χ2v) is 4.71. The fraction of sp³-hybridized carbons (Fsp3) is 0.143. The minimum absolute atomic E-state index is 0.0331. The molecule has 1 atom stereocenters. The van der Waals surface area contributed by atoms with Gasteiger partial charge in [-0.05, 0) is 19.1 Å². The average molecular weight is 293 g/mol. The highest BCUT2D eigenvalue weighted by atomic mass is 35.5. The Kier molecular flexibility index (Phi) is 4.22. The Hall–Kier alpha value is -2.11. The molecule has 2 aromatic carbocycles. The van der Waals surface area contributed by atoms with E-state index < -0.39 is 4.92 Å². The Morgan fingerprint density at radius 1 is 1.30 bits per heavy atom. The zero-order chi connectivity index (χ0) is 14.7. The molecule has 5 nitrogen and oxygen atoms in total. The summed E-state index contributed by atoms with van der Waals surface area (Å²) in [6, 6.07) is 11.4. The van der Waals surface area contributed by atoms with E-state index in [1.807, 2.05) is 25.1 Å². The molecule has 20 heavy (non-hydrogen) atoms. The molecular weight excluding hydrogens is 280 g/mol. The lowest BCUT2D eigenvalue weighted by molar-refractivity contribution is -0.384. The summed E-state index contributed by atoms with van der Waals surface area (Å²) < 4.78 is 5.70. The Labute approximate surface area is 121 Å². The Balaban J connectivity index is 2.31. The van der Waals surface area contributed by atoms with Gasteiger partial charge in [0.05, 0.1) is 4.92 Å². The van der Waals surface area contributed by atoms with Gasteiger partial charge < -0.3 is 10.5 Å². The first-order valence-corrected chi connectivity index (χ1v) is 6.33. The summed E-state index contributed by atoms with van der Waals surface area (Å²) in [6.45, 7) is 1.85. The van der Waals surface area contributed by atoms with Crippen molar-refractivity contribution in [2.24, 2.45) is 5.73 Å². The third-order valence-electron chi connectivity index (χ3n) is 2.75. The second-order valence-electron chi connectivity index (χ2n) is 4.30. The van der Waals surface area contributed by atoms with Crippen LogP contribution in [-0.2, 0) is 0 Å². The minimum atomic E-state index is -0.540. The smallest absolute Gasteiger partial charge is 0.288 e. The van der Waals surface area contributed by atoms with Gasteiger partial charge in [-0.15, -0.1) is 0 Å². The zero-order valence-electron chi connectivity index (χ0n) is 10.7. The molecule has 0 aliphatic carbocycles. The highest BCUT2D eigenvalue weighted by Gasteiger charge is 2.14. The first-order chi connectivity index (χ1) is 9.49. The maximum absolute atomic E-state index is 10.7. The summed E-state index contributed by atoms with van der Waals surface area (Å²) in [5, 5.41) is 10.7. The van der Waals surface area contributed by atoms with Crippen LogP contribution in [0.4, 0.5) is 5.69 Å². The monoisotopic (exact) mass is 292 g/mol. The van der Waals surface area contributed by atoms with E-state index in [9.17, 15) is 10.1 Å². The Morgan fingerprint density at radius 3 is 2.60 bits per heavy atom. The molecule has 0 aromatic heterocycles. The van der Waals surface area contributed by atoms with E-state index in [-0.39, 0.29) is 16.8 Å². The normalized spacial score (nSPS) is 11.9. The summed E-state index contributed by atoms with van der Waals surface area (Å²) in [6.07, 6.45) is 0. The molecule has 6 heteroatoms. The van der Waals surface area contributed by atoms with Crippen LogP contribution in [0.3, 0.4) is 0 Å². The minimum Gasteiger partial charge on any atom is -0.457 e. The van der Waals surface area contributed by atoms with Gasteiger partial charge in [-0.3, -0.25) is 10.1 Å². The molecule has 0 amide bonds. The SMILES string of the molecule is CC(N)c1ccccc1Oc1ccc([N+](=O)[O-])c(Cl)c1. The van der Waals surface area contributed by atoms with Crippen molar-refractivity contribution < 1.29 is 9.66 Å². The van der Waals surface area contributed by atoms with E-state index in [1.54, 1.807) is 6.07 Å². The molecule has 2 rings (SSSR count). The molecule has 0 radical (unpaired) electrons. The van der Waals surface area contributed by atoms with E-state index in [0.717, 1.165) is 5.56 Å². The number of nitrogens with zero attached hydrogens (tertiary/aromatic N) is 1. The van der Waals surface area contributed by atoms with E-state index >= 15 is 0 Å². The van der Waals surface area contributed by atoms with Gasteiger partial charge in [-0.25, -0.2) is 0 Å². The van der Waals surface area contributed by atoms with Crippen LogP contribution in [0.2, 0.25) is 5.02 Å². The van der Waals surface area contributed by atoms with Gasteiger partial charge in [0.1, 0.15) is 16.5 Å². The largest absolute Gasteiger partial charge is 0.457 e. The van der Waals surface area contributed by atoms with Gasteiger partial charge in [-0.1, -0.05) is 29.8 Å². The predicted octanol–water partition coefficient (Wildman–Crippen LogP) is 4.06. The predicted molar refractivity (Wildman–Crippen MR) is 77.2 cm³/mol. The molecule has 1 unspecified atom stereocenters. The van der Waals surface area contributed by atoms with Gasteiger partial charge in [0.15, 0.2) is 0 Å². The summed E-state index contributed by atoms with van der Waals surface area (Å²) in [7, 11) is 0. The molecule has 2 N–H and O–H groups in total. The van der Waals surface area contributed by atoms with Crippen LogP contribution in [0.1, 0.15) is 18.5 Å². The number of hydrogen-bond donors (Lipinski definition) is 1. The first-order valence-electron chi connectivity index (χ1n) is 5.95. The van der Waals surface area contributed by atoms with Gasteiger partial charge in [0.25, 0.3) is 5.69 Å². The van der Waals surface area contributed by atoms with Crippen LogP contribution in [0.5, 0.6) is 11.5 Å². The maximum atomic E-state index is 10.7. The zero-order valence-corrected chi connectivity index (χ0v) is 11.5. The first kappa shape index (κ1) is 14.3. The summed E-state index contributed by atoms with van der Waals surface area (Å²) in [5.41, 5.74) is 6.56. The number of halogens is 1. The highest BCUT2D eigenvalue weighted by molar-refractivity contribution is 6.32. The van der Waals surface area contributed by atoms with Gasteiger partial charge >= 0.3 is 0 Å².